The quantitative estimate of drug-likeness (QED) is 0.573. The molecule has 32 heavy (non-hydrogen) atoms. The summed E-state index contributed by atoms with van der Waals surface area (Å²) in [5.41, 5.74) is 1.00. The lowest BCUT2D eigenvalue weighted by Gasteiger charge is -2.31. The Labute approximate surface area is 184 Å². The molecule has 0 saturated carbocycles. The van der Waals surface area contributed by atoms with Crippen LogP contribution in [0.1, 0.15) is 34.9 Å². The molecule has 0 atom stereocenters. The van der Waals surface area contributed by atoms with E-state index in [1.54, 1.807) is 29.2 Å². The van der Waals surface area contributed by atoms with E-state index in [9.17, 15) is 9.18 Å². The maximum Gasteiger partial charge on any atom is 0.258 e. The molecule has 0 bridgehead atoms. The number of methoxy groups -OCH3 is 3. The van der Waals surface area contributed by atoms with Crippen LogP contribution in [-0.4, -0.2) is 55.4 Å². The number of carbonyl (C=O) groups is 1. The molecule has 1 saturated heterocycles. The summed E-state index contributed by atoms with van der Waals surface area (Å²) < 4.78 is 34.8. The van der Waals surface area contributed by atoms with Crippen molar-refractivity contribution in [3.05, 3.63) is 53.6 Å². The molecule has 168 valence electrons. The molecule has 1 fully saturated rings. The highest BCUT2D eigenvalue weighted by Gasteiger charge is 2.29. The van der Waals surface area contributed by atoms with E-state index in [1.807, 2.05) is 0 Å². The van der Waals surface area contributed by atoms with Crippen molar-refractivity contribution < 1.29 is 27.9 Å². The summed E-state index contributed by atoms with van der Waals surface area (Å²) in [5, 5.41) is 4.08. The molecule has 2 aromatic carbocycles. The zero-order chi connectivity index (χ0) is 22.7. The maximum atomic E-state index is 13.5. The fourth-order valence-electron chi connectivity index (χ4n) is 3.87. The van der Waals surface area contributed by atoms with Gasteiger partial charge in [0.25, 0.3) is 11.8 Å². The summed E-state index contributed by atoms with van der Waals surface area (Å²) >= 11 is 0. The van der Waals surface area contributed by atoms with Crippen molar-refractivity contribution in [2.24, 2.45) is 0 Å². The number of piperidine rings is 1. The minimum Gasteiger partial charge on any atom is -0.493 e. The average Bonchev–Trinajstić information content (AvgIpc) is 3.33. The molecule has 0 radical (unpaired) electrons. The van der Waals surface area contributed by atoms with Crippen LogP contribution < -0.4 is 14.2 Å². The average molecular weight is 441 g/mol. The van der Waals surface area contributed by atoms with Crippen LogP contribution >= 0.6 is 0 Å². The first-order chi connectivity index (χ1) is 15.5. The number of likely N-dealkylation sites (tertiary alicyclic amines) is 1. The summed E-state index contributed by atoms with van der Waals surface area (Å²) in [6.07, 6.45) is 1.39. The second-order valence-corrected chi connectivity index (χ2v) is 7.45. The topological polar surface area (TPSA) is 86.9 Å². The minimum atomic E-state index is -0.360. The van der Waals surface area contributed by atoms with Gasteiger partial charge in [0.05, 0.1) is 21.3 Å². The Morgan fingerprint density at radius 1 is 1.06 bits per heavy atom. The number of halogens is 1. The molecule has 0 unspecified atom stereocenters. The van der Waals surface area contributed by atoms with Crippen LogP contribution in [0.2, 0.25) is 0 Å². The van der Waals surface area contributed by atoms with Crippen molar-refractivity contribution in [1.82, 2.24) is 15.0 Å². The van der Waals surface area contributed by atoms with Gasteiger partial charge in [-0.15, -0.1) is 0 Å². The Morgan fingerprint density at radius 2 is 1.75 bits per heavy atom. The molecule has 1 aliphatic rings. The third kappa shape index (κ3) is 4.23. The number of rotatable bonds is 6. The van der Waals surface area contributed by atoms with E-state index in [0.29, 0.717) is 60.1 Å². The molecule has 9 heteroatoms. The number of benzene rings is 2. The van der Waals surface area contributed by atoms with E-state index < -0.39 is 0 Å². The molecule has 0 aliphatic carbocycles. The summed E-state index contributed by atoms with van der Waals surface area (Å²) in [5.74, 6) is 1.75. The lowest BCUT2D eigenvalue weighted by atomic mass is 9.95. The largest absolute Gasteiger partial charge is 0.493 e. The fraction of sp³-hybridized carbons (Fsp3) is 0.348. The molecular formula is C23H24FN3O5. The van der Waals surface area contributed by atoms with Gasteiger partial charge in [0.15, 0.2) is 17.3 Å². The van der Waals surface area contributed by atoms with E-state index in [-0.39, 0.29) is 23.5 Å². The number of hydrogen-bond acceptors (Lipinski definition) is 7. The van der Waals surface area contributed by atoms with Gasteiger partial charge in [-0.2, -0.15) is 4.98 Å². The SMILES string of the molecule is COc1cc(C(=O)N2CCC(c3noc(-c4cccc(F)c4)n3)CC2)cc(OC)c1OC. The highest BCUT2D eigenvalue weighted by Crippen LogP contribution is 2.39. The van der Waals surface area contributed by atoms with Crippen LogP contribution in [-0.2, 0) is 0 Å². The number of aromatic nitrogens is 2. The van der Waals surface area contributed by atoms with Gasteiger partial charge in [0.2, 0.25) is 5.75 Å². The Morgan fingerprint density at radius 3 is 2.34 bits per heavy atom. The minimum absolute atomic E-state index is 0.0602. The monoisotopic (exact) mass is 441 g/mol. The Kier molecular flexibility index (Phi) is 6.25. The van der Waals surface area contributed by atoms with Crippen molar-refractivity contribution in [3.8, 4) is 28.7 Å². The number of nitrogens with zero attached hydrogens (tertiary/aromatic N) is 3. The Hall–Kier alpha value is -3.62. The van der Waals surface area contributed by atoms with E-state index >= 15 is 0 Å². The van der Waals surface area contributed by atoms with Gasteiger partial charge in [-0.25, -0.2) is 4.39 Å². The van der Waals surface area contributed by atoms with Crippen molar-refractivity contribution >= 4 is 5.91 Å². The van der Waals surface area contributed by atoms with Gasteiger partial charge in [-0.3, -0.25) is 4.79 Å². The fourth-order valence-corrected chi connectivity index (χ4v) is 3.87. The van der Waals surface area contributed by atoms with E-state index in [2.05, 4.69) is 10.1 Å². The summed E-state index contributed by atoms with van der Waals surface area (Å²) in [4.78, 5) is 19.3. The molecule has 1 amide bonds. The van der Waals surface area contributed by atoms with Crippen molar-refractivity contribution in [3.63, 3.8) is 0 Å². The van der Waals surface area contributed by atoms with Gasteiger partial charge in [0.1, 0.15) is 5.82 Å². The first kappa shape index (κ1) is 21.6. The molecule has 0 spiro atoms. The zero-order valence-electron chi connectivity index (χ0n) is 18.1. The summed E-state index contributed by atoms with van der Waals surface area (Å²) in [6, 6.07) is 9.35. The highest BCUT2D eigenvalue weighted by atomic mass is 19.1. The first-order valence-corrected chi connectivity index (χ1v) is 10.2. The molecule has 1 aromatic heterocycles. The lowest BCUT2D eigenvalue weighted by molar-refractivity contribution is 0.0709. The molecule has 8 nitrogen and oxygen atoms in total. The first-order valence-electron chi connectivity index (χ1n) is 10.2. The van der Waals surface area contributed by atoms with Gasteiger partial charge < -0.3 is 23.6 Å². The van der Waals surface area contributed by atoms with E-state index in [4.69, 9.17) is 18.7 Å². The summed E-state index contributed by atoms with van der Waals surface area (Å²) in [6.45, 7) is 1.09. The standard InChI is InChI=1S/C23H24FN3O5/c1-29-18-12-16(13-19(30-2)20(18)31-3)23(28)27-9-7-14(8-10-27)21-25-22(32-26-21)15-5-4-6-17(24)11-15/h4-6,11-14H,7-10H2,1-3H3. The van der Waals surface area contributed by atoms with Gasteiger partial charge >= 0.3 is 0 Å². The normalized spacial score (nSPS) is 14.3. The second-order valence-electron chi connectivity index (χ2n) is 7.45. The molecule has 2 heterocycles. The lowest BCUT2D eigenvalue weighted by Crippen LogP contribution is -2.38. The maximum absolute atomic E-state index is 13.5. The third-order valence-corrected chi connectivity index (χ3v) is 5.57. The number of carbonyl (C=O) groups excluding carboxylic acids is 1. The molecule has 0 N–H and O–H groups in total. The smallest absolute Gasteiger partial charge is 0.258 e. The van der Waals surface area contributed by atoms with Crippen LogP contribution in [0.15, 0.2) is 40.9 Å². The zero-order valence-corrected chi connectivity index (χ0v) is 18.1. The van der Waals surface area contributed by atoms with Crippen molar-refractivity contribution in [2.45, 2.75) is 18.8 Å². The van der Waals surface area contributed by atoms with Crippen LogP contribution in [0.3, 0.4) is 0 Å². The predicted molar refractivity (Wildman–Crippen MR) is 114 cm³/mol. The number of amides is 1. The summed E-state index contributed by atoms with van der Waals surface area (Å²) in [7, 11) is 4.55. The molecular weight excluding hydrogens is 417 g/mol. The Bertz CT molecular complexity index is 1080. The second kappa shape index (κ2) is 9.25. The van der Waals surface area contributed by atoms with E-state index in [0.717, 1.165) is 0 Å². The van der Waals surface area contributed by atoms with E-state index in [1.165, 1.54) is 33.5 Å². The predicted octanol–water partition coefficient (Wildman–Crippen LogP) is 3.92. The highest BCUT2D eigenvalue weighted by molar-refractivity contribution is 5.95. The number of ether oxygens (including phenoxy) is 3. The number of hydrogen-bond donors (Lipinski definition) is 0. The third-order valence-electron chi connectivity index (χ3n) is 5.57. The van der Waals surface area contributed by atoms with Crippen LogP contribution in [0.5, 0.6) is 17.2 Å². The van der Waals surface area contributed by atoms with Gasteiger partial charge in [0, 0.05) is 30.1 Å². The van der Waals surface area contributed by atoms with Crippen molar-refractivity contribution in [2.75, 3.05) is 34.4 Å². The van der Waals surface area contributed by atoms with Gasteiger partial charge in [-0.1, -0.05) is 11.2 Å². The Balaban J connectivity index is 1.45. The van der Waals surface area contributed by atoms with Crippen LogP contribution in [0.4, 0.5) is 4.39 Å². The van der Waals surface area contributed by atoms with Gasteiger partial charge in [-0.05, 0) is 43.2 Å². The molecule has 1 aliphatic heterocycles. The molecule has 3 aromatic rings. The van der Waals surface area contributed by atoms with Crippen LogP contribution in [0.25, 0.3) is 11.5 Å². The molecule has 4 rings (SSSR count). The van der Waals surface area contributed by atoms with Crippen LogP contribution in [0, 0.1) is 5.82 Å². The van der Waals surface area contributed by atoms with Crippen molar-refractivity contribution in [1.29, 1.82) is 0 Å².